The SMILES string of the molecule is CCn1c(-c2cn(C)cn2)nc2cc(C#N)ccc21. The fourth-order valence-corrected chi connectivity index (χ4v) is 2.24. The van der Waals surface area contributed by atoms with E-state index in [9.17, 15) is 0 Å². The number of rotatable bonds is 2. The van der Waals surface area contributed by atoms with Crippen molar-refractivity contribution in [3.8, 4) is 17.6 Å². The van der Waals surface area contributed by atoms with E-state index in [1.54, 1.807) is 6.33 Å². The number of nitriles is 1. The van der Waals surface area contributed by atoms with E-state index in [1.165, 1.54) is 0 Å². The van der Waals surface area contributed by atoms with Crippen molar-refractivity contribution >= 4 is 11.0 Å². The zero-order chi connectivity index (χ0) is 13.4. The molecule has 2 aromatic heterocycles. The first-order chi connectivity index (χ1) is 9.22. The van der Waals surface area contributed by atoms with Crippen LogP contribution in [-0.4, -0.2) is 19.1 Å². The Bertz CT molecular complexity index is 788. The molecule has 5 heteroatoms. The van der Waals surface area contributed by atoms with Gasteiger partial charge in [-0.15, -0.1) is 0 Å². The summed E-state index contributed by atoms with van der Waals surface area (Å²) in [6.45, 7) is 2.89. The molecule has 0 fully saturated rings. The van der Waals surface area contributed by atoms with Crippen LogP contribution in [0.1, 0.15) is 12.5 Å². The van der Waals surface area contributed by atoms with Crippen LogP contribution in [0.4, 0.5) is 0 Å². The molecular weight excluding hydrogens is 238 g/mol. The van der Waals surface area contributed by atoms with E-state index >= 15 is 0 Å². The third-order valence-electron chi connectivity index (χ3n) is 3.13. The zero-order valence-electron chi connectivity index (χ0n) is 10.8. The number of imidazole rings is 2. The summed E-state index contributed by atoms with van der Waals surface area (Å²) >= 11 is 0. The Morgan fingerprint density at radius 1 is 1.37 bits per heavy atom. The van der Waals surface area contributed by atoms with Crippen molar-refractivity contribution in [3.05, 3.63) is 36.3 Å². The Kier molecular flexibility index (Phi) is 2.57. The van der Waals surface area contributed by atoms with E-state index in [1.807, 2.05) is 36.0 Å². The van der Waals surface area contributed by atoms with Crippen molar-refractivity contribution in [1.82, 2.24) is 19.1 Å². The molecule has 0 spiro atoms. The summed E-state index contributed by atoms with van der Waals surface area (Å²) in [6, 6.07) is 7.71. The third kappa shape index (κ3) is 1.78. The van der Waals surface area contributed by atoms with Crippen molar-refractivity contribution in [1.29, 1.82) is 5.26 Å². The van der Waals surface area contributed by atoms with Crippen LogP contribution in [0.25, 0.3) is 22.6 Å². The molecule has 0 N–H and O–H groups in total. The standard InChI is InChI=1S/C14H13N5/c1-3-19-13-5-4-10(7-15)6-11(13)17-14(19)12-8-18(2)9-16-12/h4-6,8-9H,3H2,1-2H3. The normalized spacial score (nSPS) is 10.8. The molecule has 2 heterocycles. The number of aromatic nitrogens is 4. The Hall–Kier alpha value is -2.61. The van der Waals surface area contributed by atoms with Gasteiger partial charge in [0.2, 0.25) is 0 Å². The number of aryl methyl sites for hydroxylation is 2. The molecule has 0 aliphatic carbocycles. The smallest absolute Gasteiger partial charge is 0.161 e. The minimum Gasteiger partial charge on any atom is -0.340 e. The number of nitrogens with zero attached hydrogens (tertiary/aromatic N) is 5. The first-order valence-corrected chi connectivity index (χ1v) is 6.11. The van der Waals surface area contributed by atoms with Gasteiger partial charge in [-0.25, -0.2) is 9.97 Å². The quantitative estimate of drug-likeness (QED) is 0.702. The molecule has 1 aromatic carbocycles. The van der Waals surface area contributed by atoms with Gasteiger partial charge >= 0.3 is 0 Å². The molecule has 3 aromatic rings. The van der Waals surface area contributed by atoms with Crippen molar-refractivity contribution in [3.63, 3.8) is 0 Å². The van der Waals surface area contributed by atoms with Crippen molar-refractivity contribution in [2.45, 2.75) is 13.5 Å². The fourth-order valence-electron chi connectivity index (χ4n) is 2.24. The third-order valence-corrected chi connectivity index (χ3v) is 3.13. The van der Waals surface area contributed by atoms with Crippen LogP contribution in [0.5, 0.6) is 0 Å². The van der Waals surface area contributed by atoms with Crippen LogP contribution in [-0.2, 0) is 13.6 Å². The van der Waals surface area contributed by atoms with Crippen LogP contribution in [0, 0.1) is 11.3 Å². The summed E-state index contributed by atoms with van der Waals surface area (Å²) in [5, 5.41) is 8.95. The van der Waals surface area contributed by atoms with E-state index in [-0.39, 0.29) is 0 Å². The molecule has 0 aliphatic rings. The maximum absolute atomic E-state index is 8.95. The van der Waals surface area contributed by atoms with Gasteiger partial charge < -0.3 is 9.13 Å². The molecule has 0 unspecified atom stereocenters. The van der Waals surface area contributed by atoms with Gasteiger partial charge in [0.25, 0.3) is 0 Å². The van der Waals surface area contributed by atoms with Crippen molar-refractivity contribution in [2.75, 3.05) is 0 Å². The maximum Gasteiger partial charge on any atom is 0.161 e. The van der Waals surface area contributed by atoms with Crippen molar-refractivity contribution in [2.24, 2.45) is 7.05 Å². The summed E-state index contributed by atoms with van der Waals surface area (Å²) in [5.74, 6) is 0.841. The van der Waals surface area contributed by atoms with Gasteiger partial charge in [-0.2, -0.15) is 5.26 Å². The second-order valence-corrected chi connectivity index (χ2v) is 4.42. The van der Waals surface area contributed by atoms with Crippen LogP contribution in [0.2, 0.25) is 0 Å². The lowest BCUT2D eigenvalue weighted by Gasteiger charge is -2.03. The highest BCUT2D eigenvalue weighted by Gasteiger charge is 2.13. The number of hydrogen-bond donors (Lipinski definition) is 0. The minimum atomic E-state index is 0.626. The van der Waals surface area contributed by atoms with Crippen LogP contribution in [0.3, 0.4) is 0 Å². The average molecular weight is 251 g/mol. The fraction of sp³-hybridized carbons (Fsp3) is 0.214. The second-order valence-electron chi connectivity index (χ2n) is 4.42. The van der Waals surface area contributed by atoms with E-state index in [0.717, 1.165) is 29.1 Å². The largest absolute Gasteiger partial charge is 0.340 e. The first kappa shape index (κ1) is 11.5. The Labute approximate surface area is 110 Å². The van der Waals surface area contributed by atoms with Gasteiger partial charge in [0, 0.05) is 19.8 Å². The van der Waals surface area contributed by atoms with E-state index in [0.29, 0.717) is 5.56 Å². The maximum atomic E-state index is 8.95. The van der Waals surface area contributed by atoms with E-state index < -0.39 is 0 Å². The molecule has 0 atom stereocenters. The van der Waals surface area contributed by atoms with Gasteiger partial charge in [-0.1, -0.05) is 0 Å². The lowest BCUT2D eigenvalue weighted by atomic mass is 10.2. The van der Waals surface area contributed by atoms with Gasteiger partial charge in [0.1, 0.15) is 5.69 Å². The molecule has 0 aliphatic heterocycles. The van der Waals surface area contributed by atoms with Gasteiger partial charge in [0.15, 0.2) is 5.82 Å². The summed E-state index contributed by atoms with van der Waals surface area (Å²) in [6.07, 6.45) is 3.70. The molecule has 0 amide bonds. The topological polar surface area (TPSA) is 59.4 Å². The van der Waals surface area contributed by atoms with Crippen LogP contribution in [0.15, 0.2) is 30.7 Å². The van der Waals surface area contributed by atoms with Crippen molar-refractivity contribution < 1.29 is 0 Å². The highest BCUT2D eigenvalue weighted by atomic mass is 15.1. The highest BCUT2D eigenvalue weighted by molar-refractivity contribution is 5.81. The Balaban J connectivity index is 2.27. The number of hydrogen-bond acceptors (Lipinski definition) is 3. The summed E-state index contributed by atoms with van der Waals surface area (Å²) in [7, 11) is 1.93. The minimum absolute atomic E-state index is 0.626. The lowest BCUT2D eigenvalue weighted by Crippen LogP contribution is -1.97. The molecule has 3 rings (SSSR count). The summed E-state index contributed by atoms with van der Waals surface area (Å²) in [5.41, 5.74) is 3.34. The highest BCUT2D eigenvalue weighted by Crippen LogP contribution is 2.24. The molecule has 0 radical (unpaired) electrons. The summed E-state index contributed by atoms with van der Waals surface area (Å²) < 4.78 is 4.01. The molecule has 0 bridgehead atoms. The lowest BCUT2D eigenvalue weighted by molar-refractivity contribution is 0.793. The molecule has 19 heavy (non-hydrogen) atoms. The van der Waals surface area contributed by atoms with Gasteiger partial charge in [-0.05, 0) is 25.1 Å². The average Bonchev–Trinajstić information content (AvgIpc) is 3.00. The second kappa shape index (κ2) is 4.25. The predicted octanol–water partition coefficient (Wildman–Crippen LogP) is 2.33. The van der Waals surface area contributed by atoms with Gasteiger partial charge in [0.05, 0.1) is 29.0 Å². The first-order valence-electron chi connectivity index (χ1n) is 6.11. The summed E-state index contributed by atoms with van der Waals surface area (Å²) in [4.78, 5) is 8.96. The number of fused-ring (bicyclic) bond motifs is 1. The van der Waals surface area contributed by atoms with E-state index in [4.69, 9.17) is 5.26 Å². The monoisotopic (exact) mass is 251 g/mol. The number of benzene rings is 1. The molecule has 5 nitrogen and oxygen atoms in total. The van der Waals surface area contributed by atoms with Gasteiger partial charge in [-0.3, -0.25) is 0 Å². The molecule has 0 saturated carbocycles. The van der Waals surface area contributed by atoms with E-state index in [2.05, 4.69) is 27.5 Å². The van der Waals surface area contributed by atoms with Crippen LogP contribution < -0.4 is 0 Å². The zero-order valence-corrected chi connectivity index (χ0v) is 10.8. The predicted molar refractivity (Wildman–Crippen MR) is 72.3 cm³/mol. The van der Waals surface area contributed by atoms with Crippen LogP contribution >= 0.6 is 0 Å². The molecule has 94 valence electrons. The molecule has 0 saturated heterocycles. The molecular formula is C14H13N5. The Morgan fingerprint density at radius 2 is 2.21 bits per heavy atom. The Morgan fingerprint density at radius 3 is 2.84 bits per heavy atom.